The Balaban J connectivity index is 2.03. The second kappa shape index (κ2) is 6.24. The van der Waals surface area contributed by atoms with E-state index in [0.29, 0.717) is 4.67 Å². The number of furan rings is 1. The molecule has 0 aliphatic rings. The van der Waals surface area contributed by atoms with Crippen LogP contribution in [0.2, 0.25) is 0 Å². The van der Waals surface area contributed by atoms with Crippen LogP contribution in [0.1, 0.15) is 24.4 Å². The molecular weight excluding hydrogens is 332 g/mol. The lowest BCUT2D eigenvalue weighted by Crippen LogP contribution is -2.24. The fraction of sp³-hybridized carbons (Fsp3) is 0.200. The number of para-hydroxylation sites is 1. The Hall–Kier alpha value is -1.92. The van der Waals surface area contributed by atoms with E-state index < -0.39 is 0 Å². The molecule has 5 nitrogen and oxygen atoms in total. The van der Waals surface area contributed by atoms with Crippen molar-refractivity contribution >= 4 is 15.9 Å². The van der Waals surface area contributed by atoms with Gasteiger partial charge in [0.05, 0.1) is 17.6 Å². The van der Waals surface area contributed by atoms with E-state index in [9.17, 15) is 0 Å². The number of hydrogen-bond acceptors (Lipinski definition) is 4. The minimum atomic E-state index is -0.100. The van der Waals surface area contributed by atoms with Gasteiger partial charge in [-0.25, -0.2) is 4.68 Å². The predicted molar refractivity (Wildman–Crippen MR) is 83.3 cm³/mol. The monoisotopic (exact) mass is 346 g/mol. The van der Waals surface area contributed by atoms with Crippen molar-refractivity contribution in [2.75, 3.05) is 6.54 Å². The Morgan fingerprint density at radius 3 is 2.71 bits per heavy atom. The smallest absolute Gasteiger partial charge is 0.169 e. The van der Waals surface area contributed by atoms with E-state index in [1.807, 2.05) is 47.1 Å². The van der Waals surface area contributed by atoms with Gasteiger partial charge in [-0.05, 0) is 46.7 Å². The first-order valence-electron chi connectivity index (χ1n) is 6.74. The molecule has 0 saturated heterocycles. The Morgan fingerprint density at radius 1 is 1.24 bits per heavy atom. The van der Waals surface area contributed by atoms with Crippen molar-refractivity contribution in [2.45, 2.75) is 13.0 Å². The second-order valence-corrected chi connectivity index (χ2v) is 5.32. The Labute approximate surface area is 131 Å². The summed E-state index contributed by atoms with van der Waals surface area (Å²) < 4.78 is 8.23. The first-order chi connectivity index (χ1) is 10.3. The van der Waals surface area contributed by atoms with Gasteiger partial charge >= 0.3 is 0 Å². The average Bonchev–Trinajstić information content (AvgIpc) is 3.15. The third-order valence-electron chi connectivity index (χ3n) is 3.16. The van der Waals surface area contributed by atoms with Gasteiger partial charge in [0, 0.05) is 0 Å². The number of nitrogens with zero attached hydrogens (tertiary/aromatic N) is 3. The number of aromatic nitrogens is 3. The molecule has 0 aliphatic carbocycles. The van der Waals surface area contributed by atoms with Crippen LogP contribution >= 0.6 is 15.9 Å². The maximum Gasteiger partial charge on any atom is 0.169 e. The summed E-state index contributed by atoms with van der Waals surface area (Å²) in [5, 5.41) is 11.7. The van der Waals surface area contributed by atoms with Crippen LogP contribution in [0.3, 0.4) is 0 Å². The van der Waals surface area contributed by atoms with Crippen molar-refractivity contribution in [2.24, 2.45) is 0 Å². The minimum Gasteiger partial charge on any atom is -0.452 e. The summed E-state index contributed by atoms with van der Waals surface area (Å²) in [4.78, 5) is 0. The van der Waals surface area contributed by atoms with Crippen molar-refractivity contribution in [3.05, 3.63) is 64.8 Å². The maximum absolute atomic E-state index is 5.70. The molecule has 1 atom stereocenters. The van der Waals surface area contributed by atoms with E-state index in [-0.39, 0.29) is 6.04 Å². The fourth-order valence-electron chi connectivity index (χ4n) is 2.25. The summed E-state index contributed by atoms with van der Waals surface area (Å²) in [6, 6.07) is 13.7. The molecule has 0 spiro atoms. The number of halogens is 1. The third kappa shape index (κ3) is 2.91. The molecule has 3 rings (SSSR count). The Bertz CT molecular complexity index is 707. The number of benzene rings is 1. The van der Waals surface area contributed by atoms with Crippen molar-refractivity contribution in [1.82, 2.24) is 20.3 Å². The molecule has 0 aliphatic heterocycles. The summed E-state index contributed by atoms with van der Waals surface area (Å²) in [7, 11) is 0. The first-order valence-corrected chi connectivity index (χ1v) is 7.53. The highest BCUT2D eigenvalue weighted by Crippen LogP contribution is 2.26. The van der Waals surface area contributed by atoms with Crippen LogP contribution in [-0.4, -0.2) is 21.5 Å². The second-order valence-electron chi connectivity index (χ2n) is 4.54. The van der Waals surface area contributed by atoms with E-state index in [0.717, 1.165) is 23.7 Å². The predicted octanol–water partition coefficient (Wildman–Crippen LogP) is 3.32. The molecule has 1 aromatic carbocycles. The molecule has 3 aromatic rings. The van der Waals surface area contributed by atoms with Gasteiger partial charge in [-0.2, -0.15) is 0 Å². The van der Waals surface area contributed by atoms with E-state index in [1.165, 1.54) is 0 Å². The summed E-state index contributed by atoms with van der Waals surface area (Å²) in [6.45, 7) is 2.87. The van der Waals surface area contributed by atoms with Crippen molar-refractivity contribution in [1.29, 1.82) is 0 Å². The van der Waals surface area contributed by atoms with Crippen LogP contribution in [0.5, 0.6) is 0 Å². The molecule has 6 heteroatoms. The Morgan fingerprint density at radius 2 is 2.05 bits per heavy atom. The maximum atomic E-state index is 5.70. The molecule has 1 unspecified atom stereocenters. The highest BCUT2D eigenvalue weighted by molar-refractivity contribution is 9.10. The van der Waals surface area contributed by atoms with Crippen LogP contribution in [0.4, 0.5) is 0 Å². The largest absolute Gasteiger partial charge is 0.452 e. The van der Waals surface area contributed by atoms with Crippen molar-refractivity contribution in [3.8, 4) is 5.69 Å². The summed E-state index contributed by atoms with van der Waals surface area (Å²) in [6.07, 6.45) is 1.76. The minimum absolute atomic E-state index is 0.100. The van der Waals surface area contributed by atoms with Gasteiger partial charge in [0.1, 0.15) is 11.8 Å². The fourth-order valence-corrected chi connectivity index (χ4v) is 2.57. The summed E-state index contributed by atoms with van der Waals surface area (Å²) in [5.74, 6) is 0.822. The third-order valence-corrected chi connectivity index (χ3v) is 3.59. The van der Waals surface area contributed by atoms with Crippen LogP contribution in [-0.2, 0) is 0 Å². The molecule has 0 fully saturated rings. The summed E-state index contributed by atoms with van der Waals surface area (Å²) in [5.41, 5.74) is 1.91. The highest BCUT2D eigenvalue weighted by Gasteiger charge is 2.22. The highest BCUT2D eigenvalue weighted by atomic mass is 79.9. The molecule has 0 bridgehead atoms. The zero-order chi connectivity index (χ0) is 14.7. The molecule has 1 N–H and O–H groups in total. The van der Waals surface area contributed by atoms with Gasteiger partial charge in [0.25, 0.3) is 0 Å². The Kier molecular flexibility index (Phi) is 4.17. The molecule has 0 saturated carbocycles. The summed E-state index contributed by atoms with van der Waals surface area (Å²) >= 11 is 3.35. The lowest BCUT2D eigenvalue weighted by atomic mass is 10.1. The van der Waals surface area contributed by atoms with Gasteiger partial charge < -0.3 is 9.73 Å². The first kappa shape index (κ1) is 14.0. The standard InChI is InChI=1S/C15H15BrN4O/c1-2-17-15(13-8-9-14(16)21-13)12-10-18-19-20(12)11-6-4-3-5-7-11/h3-10,15,17H,2H2,1H3. The molecule has 21 heavy (non-hydrogen) atoms. The van der Waals surface area contributed by atoms with Gasteiger partial charge in [0.2, 0.25) is 0 Å². The number of rotatable bonds is 5. The molecule has 2 heterocycles. The van der Waals surface area contributed by atoms with Crippen LogP contribution < -0.4 is 5.32 Å². The number of hydrogen-bond donors (Lipinski definition) is 1. The molecule has 0 amide bonds. The SMILES string of the molecule is CCNC(c1ccc(Br)o1)c1cnnn1-c1ccccc1. The zero-order valence-corrected chi connectivity index (χ0v) is 13.1. The van der Waals surface area contributed by atoms with Gasteiger partial charge in [-0.1, -0.05) is 30.3 Å². The van der Waals surface area contributed by atoms with Crippen molar-refractivity contribution in [3.63, 3.8) is 0 Å². The zero-order valence-electron chi connectivity index (χ0n) is 11.5. The topological polar surface area (TPSA) is 55.9 Å². The molecule has 108 valence electrons. The van der Waals surface area contributed by atoms with E-state index in [1.54, 1.807) is 6.20 Å². The van der Waals surface area contributed by atoms with Crippen LogP contribution in [0.25, 0.3) is 5.69 Å². The molecular formula is C15H15BrN4O. The van der Waals surface area contributed by atoms with Crippen molar-refractivity contribution < 1.29 is 4.42 Å². The molecule has 0 radical (unpaired) electrons. The lowest BCUT2D eigenvalue weighted by Gasteiger charge is -2.16. The van der Waals surface area contributed by atoms with Gasteiger partial charge in [-0.15, -0.1) is 5.10 Å². The number of nitrogens with one attached hydrogen (secondary N) is 1. The van der Waals surface area contributed by atoms with Gasteiger partial charge in [-0.3, -0.25) is 0 Å². The van der Waals surface area contributed by atoms with E-state index >= 15 is 0 Å². The van der Waals surface area contributed by atoms with Crippen LogP contribution in [0.15, 0.2) is 57.7 Å². The molecule has 2 aromatic heterocycles. The van der Waals surface area contributed by atoms with E-state index in [4.69, 9.17) is 4.42 Å². The van der Waals surface area contributed by atoms with E-state index in [2.05, 4.69) is 38.5 Å². The van der Waals surface area contributed by atoms with Crippen LogP contribution in [0, 0.1) is 0 Å². The normalized spacial score (nSPS) is 12.5. The lowest BCUT2D eigenvalue weighted by molar-refractivity contribution is 0.429. The van der Waals surface area contributed by atoms with Gasteiger partial charge in [0.15, 0.2) is 4.67 Å². The average molecular weight is 347 g/mol. The quantitative estimate of drug-likeness (QED) is 0.769.